The molecule has 4 rings (SSSR count). The fraction of sp³-hybridized carbons (Fsp3) is 0.190. The molecule has 1 amide bonds. The standard InChI is InChI=1S/C21H18N4O3S2/c1-11-13(3)29-19-16(11)20(28)25(10-22-19)9-15(27)23-21-24-17(18(30-21)12(2)26)14-7-5-4-6-8-14/h4-8,10H,9H2,1-3H3,(H,23,24,27). The van der Waals surface area contributed by atoms with E-state index in [2.05, 4.69) is 15.3 Å². The predicted octanol–water partition coefficient (Wildman–Crippen LogP) is 4.04. The summed E-state index contributed by atoms with van der Waals surface area (Å²) in [4.78, 5) is 48.3. The van der Waals surface area contributed by atoms with Crippen LogP contribution in [0.25, 0.3) is 21.5 Å². The molecule has 0 atom stereocenters. The molecular weight excluding hydrogens is 420 g/mol. The van der Waals surface area contributed by atoms with Gasteiger partial charge in [-0.1, -0.05) is 41.7 Å². The van der Waals surface area contributed by atoms with E-state index in [1.54, 1.807) is 0 Å². The molecule has 0 saturated carbocycles. The molecule has 9 heteroatoms. The van der Waals surface area contributed by atoms with Crippen molar-refractivity contribution in [1.82, 2.24) is 14.5 Å². The van der Waals surface area contributed by atoms with Crippen LogP contribution in [0.3, 0.4) is 0 Å². The second-order valence-electron chi connectivity index (χ2n) is 6.81. The van der Waals surface area contributed by atoms with Crippen LogP contribution in [0.4, 0.5) is 5.13 Å². The Morgan fingerprint density at radius 2 is 1.87 bits per heavy atom. The third-order valence-electron chi connectivity index (χ3n) is 4.71. The van der Waals surface area contributed by atoms with Crippen molar-refractivity contribution >= 4 is 49.7 Å². The number of rotatable bonds is 5. The summed E-state index contributed by atoms with van der Waals surface area (Å²) >= 11 is 2.58. The van der Waals surface area contributed by atoms with Gasteiger partial charge in [-0.25, -0.2) is 9.97 Å². The number of carbonyl (C=O) groups is 2. The number of benzene rings is 1. The molecule has 3 heterocycles. The molecule has 0 aliphatic carbocycles. The van der Waals surface area contributed by atoms with Gasteiger partial charge < -0.3 is 5.32 Å². The zero-order chi connectivity index (χ0) is 21.4. The van der Waals surface area contributed by atoms with Gasteiger partial charge in [-0.2, -0.15) is 0 Å². The van der Waals surface area contributed by atoms with Crippen molar-refractivity contribution in [2.75, 3.05) is 5.32 Å². The largest absolute Gasteiger partial charge is 0.300 e. The van der Waals surface area contributed by atoms with Gasteiger partial charge in [0.05, 0.1) is 22.3 Å². The zero-order valence-corrected chi connectivity index (χ0v) is 18.2. The smallest absolute Gasteiger partial charge is 0.262 e. The van der Waals surface area contributed by atoms with Crippen molar-refractivity contribution < 1.29 is 9.59 Å². The van der Waals surface area contributed by atoms with E-state index in [4.69, 9.17) is 0 Å². The van der Waals surface area contributed by atoms with E-state index in [9.17, 15) is 14.4 Å². The van der Waals surface area contributed by atoms with Crippen molar-refractivity contribution in [1.29, 1.82) is 0 Å². The summed E-state index contributed by atoms with van der Waals surface area (Å²) in [5, 5.41) is 3.56. The van der Waals surface area contributed by atoms with Crippen LogP contribution in [0.15, 0.2) is 41.5 Å². The summed E-state index contributed by atoms with van der Waals surface area (Å²) in [6.07, 6.45) is 1.39. The van der Waals surface area contributed by atoms with E-state index in [-0.39, 0.29) is 17.9 Å². The molecular formula is C21H18N4O3S2. The molecule has 152 valence electrons. The topological polar surface area (TPSA) is 94.0 Å². The first-order valence-electron chi connectivity index (χ1n) is 9.17. The molecule has 0 aliphatic heterocycles. The molecule has 0 bridgehead atoms. The fourth-order valence-electron chi connectivity index (χ4n) is 3.10. The van der Waals surface area contributed by atoms with Crippen LogP contribution >= 0.6 is 22.7 Å². The monoisotopic (exact) mass is 438 g/mol. The predicted molar refractivity (Wildman–Crippen MR) is 120 cm³/mol. The minimum atomic E-state index is -0.411. The summed E-state index contributed by atoms with van der Waals surface area (Å²) in [6, 6.07) is 9.32. The number of carbonyl (C=O) groups excluding carboxylic acids is 2. The van der Waals surface area contributed by atoms with E-state index in [0.29, 0.717) is 25.9 Å². The van der Waals surface area contributed by atoms with Gasteiger partial charge >= 0.3 is 0 Å². The van der Waals surface area contributed by atoms with Crippen molar-refractivity contribution in [3.63, 3.8) is 0 Å². The molecule has 3 aromatic heterocycles. The Kier molecular flexibility index (Phi) is 5.31. The maximum atomic E-state index is 12.8. The van der Waals surface area contributed by atoms with E-state index in [1.165, 1.54) is 29.2 Å². The number of hydrogen-bond donors (Lipinski definition) is 1. The lowest BCUT2D eigenvalue weighted by atomic mass is 10.1. The number of hydrogen-bond acceptors (Lipinski definition) is 7. The van der Waals surface area contributed by atoms with E-state index in [0.717, 1.165) is 27.3 Å². The highest BCUT2D eigenvalue weighted by Gasteiger charge is 2.19. The highest BCUT2D eigenvalue weighted by molar-refractivity contribution is 7.18. The van der Waals surface area contributed by atoms with Gasteiger partial charge in [-0.05, 0) is 19.4 Å². The second-order valence-corrected chi connectivity index (χ2v) is 9.01. The number of fused-ring (bicyclic) bond motifs is 1. The van der Waals surface area contributed by atoms with Crippen molar-refractivity contribution in [3.05, 3.63) is 62.3 Å². The van der Waals surface area contributed by atoms with Gasteiger partial charge in [-0.3, -0.25) is 19.0 Å². The number of nitrogens with zero attached hydrogens (tertiary/aromatic N) is 3. The number of Topliss-reactive ketones (excluding diaryl/α,β-unsaturated/α-hetero) is 1. The third-order valence-corrected chi connectivity index (χ3v) is 6.90. The molecule has 1 aromatic carbocycles. The van der Waals surface area contributed by atoms with Crippen LogP contribution < -0.4 is 10.9 Å². The Bertz CT molecular complexity index is 1340. The molecule has 30 heavy (non-hydrogen) atoms. The number of amides is 1. The number of aromatic nitrogens is 3. The van der Waals surface area contributed by atoms with Crippen molar-refractivity contribution in [2.45, 2.75) is 27.3 Å². The van der Waals surface area contributed by atoms with Gasteiger partial charge in [0.25, 0.3) is 5.56 Å². The Hall–Kier alpha value is -3.17. The SMILES string of the molecule is CC(=O)c1sc(NC(=O)Cn2cnc3sc(C)c(C)c3c2=O)nc1-c1ccccc1. The average molecular weight is 439 g/mol. The minimum absolute atomic E-state index is 0.124. The van der Waals surface area contributed by atoms with Crippen molar-refractivity contribution in [3.8, 4) is 11.3 Å². The van der Waals surface area contributed by atoms with Gasteiger partial charge in [0, 0.05) is 17.4 Å². The summed E-state index contributed by atoms with van der Waals surface area (Å²) in [7, 11) is 0. The summed E-state index contributed by atoms with van der Waals surface area (Å²) in [5.74, 6) is -0.535. The Labute approximate surface area is 180 Å². The first-order valence-corrected chi connectivity index (χ1v) is 10.8. The molecule has 0 saturated heterocycles. The fourth-order valence-corrected chi connectivity index (χ4v) is 4.99. The minimum Gasteiger partial charge on any atom is -0.300 e. The van der Waals surface area contributed by atoms with E-state index >= 15 is 0 Å². The lowest BCUT2D eigenvalue weighted by Crippen LogP contribution is -2.27. The molecule has 7 nitrogen and oxygen atoms in total. The summed E-state index contributed by atoms with van der Waals surface area (Å²) < 4.78 is 1.29. The van der Waals surface area contributed by atoms with Gasteiger partial charge in [0.15, 0.2) is 10.9 Å². The first kappa shape index (κ1) is 20.1. The van der Waals surface area contributed by atoms with Crippen LogP contribution in [-0.4, -0.2) is 26.2 Å². The molecule has 0 spiro atoms. The van der Waals surface area contributed by atoms with E-state index < -0.39 is 5.91 Å². The quantitative estimate of drug-likeness (QED) is 0.475. The number of aryl methyl sites for hydroxylation is 2. The highest BCUT2D eigenvalue weighted by Crippen LogP contribution is 2.31. The molecule has 0 fully saturated rings. The zero-order valence-electron chi connectivity index (χ0n) is 16.6. The Morgan fingerprint density at radius 3 is 2.57 bits per heavy atom. The number of ketones is 1. The average Bonchev–Trinajstić information content (AvgIpc) is 3.26. The Morgan fingerprint density at radius 1 is 1.13 bits per heavy atom. The van der Waals surface area contributed by atoms with E-state index in [1.807, 2.05) is 44.2 Å². The molecule has 0 unspecified atom stereocenters. The summed E-state index contributed by atoms with van der Waals surface area (Å²) in [5.41, 5.74) is 1.98. The van der Waals surface area contributed by atoms with Crippen LogP contribution in [0.2, 0.25) is 0 Å². The normalized spacial score (nSPS) is 11.0. The lowest BCUT2D eigenvalue weighted by Gasteiger charge is -2.05. The lowest BCUT2D eigenvalue weighted by molar-refractivity contribution is -0.116. The summed E-state index contributed by atoms with van der Waals surface area (Å²) in [6.45, 7) is 5.10. The Balaban J connectivity index is 1.60. The molecule has 0 aliphatic rings. The third kappa shape index (κ3) is 3.69. The first-order chi connectivity index (χ1) is 14.3. The van der Waals surface area contributed by atoms with Gasteiger partial charge in [0.2, 0.25) is 5.91 Å². The molecule has 1 N–H and O–H groups in total. The van der Waals surface area contributed by atoms with Crippen LogP contribution in [-0.2, 0) is 11.3 Å². The number of thiophene rings is 1. The number of nitrogens with one attached hydrogen (secondary N) is 1. The second kappa shape index (κ2) is 7.92. The highest BCUT2D eigenvalue weighted by atomic mass is 32.1. The molecule has 0 radical (unpaired) electrons. The van der Waals surface area contributed by atoms with Gasteiger partial charge in [0.1, 0.15) is 11.4 Å². The number of thiazole rings is 1. The van der Waals surface area contributed by atoms with Gasteiger partial charge in [-0.15, -0.1) is 11.3 Å². The van der Waals surface area contributed by atoms with Crippen LogP contribution in [0.1, 0.15) is 27.0 Å². The number of anilines is 1. The van der Waals surface area contributed by atoms with Crippen LogP contribution in [0, 0.1) is 13.8 Å². The van der Waals surface area contributed by atoms with Crippen molar-refractivity contribution in [2.24, 2.45) is 0 Å². The maximum Gasteiger partial charge on any atom is 0.262 e. The maximum absolute atomic E-state index is 12.8. The van der Waals surface area contributed by atoms with Crippen LogP contribution in [0.5, 0.6) is 0 Å². The molecule has 4 aromatic rings.